The molecule has 3 aromatic rings. The molecule has 1 aliphatic rings. The maximum atomic E-state index is 12.5. The Labute approximate surface area is 169 Å². The van der Waals surface area contributed by atoms with Gasteiger partial charge in [0, 0.05) is 29.0 Å². The van der Waals surface area contributed by atoms with E-state index in [0.717, 1.165) is 37.1 Å². The Kier molecular flexibility index (Phi) is 5.48. The highest BCUT2D eigenvalue weighted by Gasteiger charge is 2.22. The summed E-state index contributed by atoms with van der Waals surface area (Å²) in [5.74, 6) is 0. The van der Waals surface area contributed by atoms with Gasteiger partial charge in [0.25, 0.3) is 0 Å². The highest BCUT2D eigenvalue weighted by atomic mass is 35.5. The second-order valence-electron chi connectivity index (χ2n) is 6.77. The third-order valence-corrected chi connectivity index (χ3v) is 6.58. The van der Waals surface area contributed by atoms with Crippen molar-refractivity contribution in [3.05, 3.63) is 64.9 Å². The molecule has 1 aromatic carbocycles. The predicted octanol–water partition coefficient (Wildman–Crippen LogP) is 3.46. The molecule has 146 valence electrons. The van der Waals surface area contributed by atoms with Crippen molar-refractivity contribution >= 4 is 21.6 Å². The summed E-state index contributed by atoms with van der Waals surface area (Å²) in [6.45, 7) is 0.722. The molecule has 1 N–H and O–H groups in total. The van der Waals surface area contributed by atoms with Crippen LogP contribution in [0.5, 0.6) is 0 Å². The average molecular weight is 417 g/mol. The van der Waals surface area contributed by atoms with E-state index >= 15 is 0 Å². The monoisotopic (exact) mass is 416 g/mol. The first-order valence-corrected chi connectivity index (χ1v) is 11.2. The zero-order chi connectivity index (χ0) is 19.6. The highest BCUT2D eigenvalue weighted by molar-refractivity contribution is 7.89. The number of benzene rings is 1. The number of hydrogen-bond acceptors (Lipinski definition) is 4. The van der Waals surface area contributed by atoms with Crippen LogP contribution in [0.15, 0.2) is 53.6 Å². The van der Waals surface area contributed by atoms with E-state index in [1.807, 2.05) is 22.9 Å². The van der Waals surface area contributed by atoms with Crippen molar-refractivity contribution in [3.63, 3.8) is 0 Å². The van der Waals surface area contributed by atoms with Gasteiger partial charge < -0.3 is 0 Å². The molecule has 2 heterocycles. The van der Waals surface area contributed by atoms with Crippen molar-refractivity contribution in [2.45, 2.75) is 37.1 Å². The van der Waals surface area contributed by atoms with Crippen molar-refractivity contribution in [1.29, 1.82) is 0 Å². The van der Waals surface area contributed by atoms with Crippen LogP contribution in [0, 0.1) is 0 Å². The number of nitrogens with zero attached hydrogens (tertiary/aromatic N) is 3. The number of sulfonamides is 1. The zero-order valence-corrected chi connectivity index (χ0v) is 16.9. The fourth-order valence-electron chi connectivity index (χ4n) is 3.57. The van der Waals surface area contributed by atoms with Crippen molar-refractivity contribution in [1.82, 2.24) is 19.5 Å². The summed E-state index contributed by atoms with van der Waals surface area (Å²) in [4.78, 5) is 4.60. The van der Waals surface area contributed by atoms with Crippen LogP contribution in [-0.2, 0) is 29.4 Å². The third kappa shape index (κ3) is 3.97. The van der Waals surface area contributed by atoms with E-state index in [1.165, 1.54) is 23.4 Å². The molecular weight excluding hydrogens is 396 g/mol. The first kappa shape index (κ1) is 19.1. The summed E-state index contributed by atoms with van der Waals surface area (Å²) in [6.07, 6.45) is 5.96. The molecule has 0 saturated carbocycles. The maximum absolute atomic E-state index is 12.5. The first-order chi connectivity index (χ1) is 13.5. The summed E-state index contributed by atoms with van der Waals surface area (Å²) >= 11 is 5.91. The number of fused-ring (bicyclic) bond motifs is 1. The molecule has 0 aliphatic heterocycles. The van der Waals surface area contributed by atoms with Crippen molar-refractivity contribution in [2.75, 3.05) is 6.54 Å². The number of rotatable bonds is 6. The van der Waals surface area contributed by atoms with E-state index in [-0.39, 0.29) is 11.4 Å². The number of nitrogens with one attached hydrogen (secondary N) is 1. The fraction of sp³-hybridized carbons (Fsp3) is 0.300. The fourth-order valence-corrected chi connectivity index (χ4v) is 4.89. The van der Waals surface area contributed by atoms with Gasteiger partial charge in [-0.2, -0.15) is 5.10 Å². The summed E-state index contributed by atoms with van der Waals surface area (Å²) < 4.78 is 29.5. The Morgan fingerprint density at radius 1 is 1.11 bits per heavy atom. The van der Waals surface area contributed by atoms with Gasteiger partial charge in [-0.05, 0) is 56.0 Å². The summed E-state index contributed by atoms with van der Waals surface area (Å²) in [5.41, 5.74) is 4.20. The third-order valence-electron chi connectivity index (χ3n) is 4.89. The Morgan fingerprint density at radius 3 is 2.75 bits per heavy atom. The maximum Gasteiger partial charge on any atom is 0.240 e. The largest absolute Gasteiger partial charge is 0.267 e. The van der Waals surface area contributed by atoms with Gasteiger partial charge in [0.05, 0.1) is 17.1 Å². The van der Waals surface area contributed by atoms with Crippen LogP contribution in [0.4, 0.5) is 0 Å². The summed E-state index contributed by atoms with van der Waals surface area (Å²) in [5, 5.41) is 5.16. The standard InChI is InChI=1S/C20H21ClN4O2S/c21-15-6-5-7-16(14-15)28(26,27)23-12-13-25-19-10-2-1-8-17(19)20(24-25)18-9-3-4-11-22-18/h3-7,9,11,14,23H,1-2,8,10,12-13H2. The van der Waals surface area contributed by atoms with Gasteiger partial charge in [0.2, 0.25) is 10.0 Å². The normalized spacial score (nSPS) is 14.0. The minimum absolute atomic E-state index is 0.164. The minimum atomic E-state index is -3.61. The molecule has 0 bridgehead atoms. The molecule has 0 amide bonds. The van der Waals surface area contributed by atoms with Crippen molar-refractivity contribution in [3.8, 4) is 11.4 Å². The van der Waals surface area contributed by atoms with Gasteiger partial charge in [0.1, 0.15) is 5.69 Å². The van der Waals surface area contributed by atoms with Gasteiger partial charge >= 0.3 is 0 Å². The lowest BCUT2D eigenvalue weighted by atomic mass is 9.95. The second-order valence-corrected chi connectivity index (χ2v) is 8.98. The van der Waals surface area contributed by atoms with E-state index < -0.39 is 10.0 Å². The van der Waals surface area contributed by atoms with E-state index in [1.54, 1.807) is 18.3 Å². The van der Waals surface area contributed by atoms with Crippen LogP contribution in [0.3, 0.4) is 0 Å². The summed E-state index contributed by atoms with van der Waals surface area (Å²) in [6, 6.07) is 12.0. The lowest BCUT2D eigenvalue weighted by Gasteiger charge is -2.14. The van der Waals surface area contributed by atoms with Crippen LogP contribution in [0.2, 0.25) is 5.02 Å². The molecule has 28 heavy (non-hydrogen) atoms. The van der Waals surface area contributed by atoms with Crippen LogP contribution >= 0.6 is 11.6 Å². The highest BCUT2D eigenvalue weighted by Crippen LogP contribution is 2.30. The molecule has 1 aliphatic carbocycles. The summed E-state index contributed by atoms with van der Waals surface area (Å²) in [7, 11) is -3.61. The number of hydrogen-bond donors (Lipinski definition) is 1. The molecule has 0 spiro atoms. The van der Waals surface area contributed by atoms with Crippen LogP contribution in [0.25, 0.3) is 11.4 Å². The number of pyridine rings is 1. The Bertz CT molecular complexity index is 1080. The molecule has 0 fully saturated rings. The van der Waals surface area contributed by atoms with Gasteiger partial charge in [-0.25, -0.2) is 13.1 Å². The SMILES string of the molecule is O=S(=O)(NCCn1nc(-c2ccccn2)c2c1CCCC2)c1cccc(Cl)c1. The average Bonchev–Trinajstić information content (AvgIpc) is 3.07. The first-order valence-electron chi connectivity index (χ1n) is 9.30. The topological polar surface area (TPSA) is 76.9 Å². The molecule has 0 radical (unpaired) electrons. The molecular formula is C20H21ClN4O2S. The second kappa shape index (κ2) is 8.03. The Balaban J connectivity index is 1.53. The van der Waals surface area contributed by atoms with Gasteiger partial charge in [-0.1, -0.05) is 23.7 Å². The molecule has 8 heteroatoms. The van der Waals surface area contributed by atoms with E-state index in [9.17, 15) is 8.42 Å². The van der Waals surface area contributed by atoms with Crippen molar-refractivity contribution in [2.24, 2.45) is 0 Å². The molecule has 0 unspecified atom stereocenters. The quantitative estimate of drug-likeness (QED) is 0.667. The van der Waals surface area contributed by atoms with Crippen LogP contribution in [0.1, 0.15) is 24.1 Å². The molecule has 2 aromatic heterocycles. The molecule has 4 rings (SSSR count). The molecule has 6 nitrogen and oxygen atoms in total. The lowest BCUT2D eigenvalue weighted by molar-refractivity contribution is 0.538. The lowest BCUT2D eigenvalue weighted by Crippen LogP contribution is -2.28. The number of halogens is 1. The predicted molar refractivity (Wildman–Crippen MR) is 109 cm³/mol. The van der Waals surface area contributed by atoms with Crippen LogP contribution in [-0.4, -0.2) is 29.7 Å². The van der Waals surface area contributed by atoms with E-state index in [4.69, 9.17) is 16.7 Å². The molecule has 0 atom stereocenters. The van der Waals surface area contributed by atoms with Gasteiger partial charge in [0.15, 0.2) is 0 Å². The Morgan fingerprint density at radius 2 is 1.96 bits per heavy atom. The molecule has 0 saturated heterocycles. The zero-order valence-electron chi connectivity index (χ0n) is 15.3. The number of aromatic nitrogens is 3. The van der Waals surface area contributed by atoms with E-state index in [0.29, 0.717) is 11.6 Å². The van der Waals surface area contributed by atoms with Gasteiger partial charge in [-0.15, -0.1) is 0 Å². The van der Waals surface area contributed by atoms with Crippen molar-refractivity contribution < 1.29 is 8.42 Å². The Hall–Kier alpha value is -2.22. The van der Waals surface area contributed by atoms with E-state index in [2.05, 4.69) is 9.71 Å². The van der Waals surface area contributed by atoms with Crippen LogP contribution < -0.4 is 4.72 Å². The smallest absolute Gasteiger partial charge is 0.240 e. The van der Waals surface area contributed by atoms with Gasteiger partial charge in [-0.3, -0.25) is 9.67 Å². The minimum Gasteiger partial charge on any atom is -0.267 e.